The largest absolute Gasteiger partial charge is 0.364 e. The summed E-state index contributed by atoms with van der Waals surface area (Å²) in [5.74, 6) is 0.653. The Bertz CT molecular complexity index is 350. The van der Waals surface area contributed by atoms with Crippen LogP contribution in [0.3, 0.4) is 0 Å². The van der Waals surface area contributed by atoms with Crippen LogP contribution in [0.1, 0.15) is 33.6 Å². The number of piperazine rings is 1. The number of aromatic nitrogens is 1. The lowest BCUT2D eigenvalue weighted by Crippen LogP contribution is -2.58. The topological polar surface area (TPSA) is 28.2 Å². The van der Waals surface area contributed by atoms with E-state index in [0.717, 1.165) is 13.1 Å². The molecule has 100 valence electrons. The van der Waals surface area contributed by atoms with Crippen LogP contribution in [0.4, 0.5) is 5.69 Å². The van der Waals surface area contributed by atoms with Crippen molar-refractivity contribution >= 4 is 5.69 Å². The molecule has 0 radical (unpaired) electrons. The molecule has 0 saturated carbocycles. The third-order valence-corrected chi connectivity index (χ3v) is 3.82. The van der Waals surface area contributed by atoms with Crippen molar-refractivity contribution in [2.75, 3.05) is 18.0 Å². The standard InChI is InChI=1S/C15H25N3/c1-4-6-13-11-18(14-7-5-8-16-9-14)15(10-17-13)12(2)3/h5,7-9,12-13,15,17H,4,6,10-11H2,1-3H3. The molecule has 1 aromatic heterocycles. The molecule has 0 spiro atoms. The van der Waals surface area contributed by atoms with E-state index in [0.29, 0.717) is 18.0 Å². The van der Waals surface area contributed by atoms with E-state index in [2.05, 4.69) is 42.0 Å². The van der Waals surface area contributed by atoms with E-state index in [-0.39, 0.29) is 0 Å². The van der Waals surface area contributed by atoms with E-state index < -0.39 is 0 Å². The average molecular weight is 247 g/mol. The Kier molecular flexibility index (Phi) is 4.59. The second-order valence-electron chi connectivity index (χ2n) is 5.57. The summed E-state index contributed by atoms with van der Waals surface area (Å²) in [5, 5.41) is 3.69. The van der Waals surface area contributed by atoms with Crippen LogP contribution in [0.15, 0.2) is 24.5 Å². The predicted octanol–water partition coefficient (Wildman–Crippen LogP) is 2.68. The lowest BCUT2D eigenvalue weighted by molar-refractivity contribution is 0.327. The highest BCUT2D eigenvalue weighted by Gasteiger charge is 2.29. The highest BCUT2D eigenvalue weighted by atomic mass is 15.2. The Morgan fingerprint density at radius 1 is 1.50 bits per heavy atom. The minimum absolute atomic E-state index is 0.572. The molecule has 0 aromatic carbocycles. The molecule has 0 amide bonds. The zero-order chi connectivity index (χ0) is 13.0. The summed E-state index contributed by atoms with van der Waals surface area (Å²) in [4.78, 5) is 6.80. The first-order valence-electron chi connectivity index (χ1n) is 7.12. The molecule has 18 heavy (non-hydrogen) atoms. The van der Waals surface area contributed by atoms with Crippen LogP contribution in [0.25, 0.3) is 0 Å². The van der Waals surface area contributed by atoms with Crippen molar-refractivity contribution in [3.05, 3.63) is 24.5 Å². The van der Waals surface area contributed by atoms with Crippen LogP contribution in [-0.2, 0) is 0 Å². The fraction of sp³-hybridized carbons (Fsp3) is 0.667. The van der Waals surface area contributed by atoms with E-state index >= 15 is 0 Å². The highest BCUT2D eigenvalue weighted by molar-refractivity contribution is 5.46. The minimum atomic E-state index is 0.572. The van der Waals surface area contributed by atoms with Gasteiger partial charge in [0.2, 0.25) is 0 Å². The zero-order valence-corrected chi connectivity index (χ0v) is 11.8. The van der Waals surface area contributed by atoms with Crippen molar-refractivity contribution in [2.45, 2.75) is 45.7 Å². The first kappa shape index (κ1) is 13.3. The molecule has 3 heteroatoms. The summed E-state index contributed by atoms with van der Waals surface area (Å²) >= 11 is 0. The molecule has 1 saturated heterocycles. The summed E-state index contributed by atoms with van der Waals surface area (Å²) in [7, 11) is 0. The van der Waals surface area contributed by atoms with Gasteiger partial charge in [-0.3, -0.25) is 4.98 Å². The van der Waals surface area contributed by atoms with Gasteiger partial charge in [0.05, 0.1) is 11.9 Å². The maximum atomic E-state index is 4.26. The zero-order valence-electron chi connectivity index (χ0n) is 11.8. The first-order chi connectivity index (χ1) is 8.72. The monoisotopic (exact) mass is 247 g/mol. The van der Waals surface area contributed by atoms with E-state index in [1.165, 1.54) is 18.5 Å². The lowest BCUT2D eigenvalue weighted by atomic mass is 9.96. The van der Waals surface area contributed by atoms with Gasteiger partial charge in [0, 0.05) is 31.4 Å². The first-order valence-corrected chi connectivity index (χ1v) is 7.12. The van der Waals surface area contributed by atoms with E-state index in [1.807, 2.05) is 18.5 Å². The van der Waals surface area contributed by atoms with Crippen molar-refractivity contribution in [3.63, 3.8) is 0 Å². The molecule has 2 rings (SSSR count). The summed E-state index contributed by atoms with van der Waals surface area (Å²) in [6.07, 6.45) is 6.33. The van der Waals surface area contributed by atoms with Gasteiger partial charge in [0.15, 0.2) is 0 Å². The van der Waals surface area contributed by atoms with Crippen LogP contribution >= 0.6 is 0 Å². The molecule has 1 aliphatic heterocycles. The third-order valence-electron chi connectivity index (χ3n) is 3.82. The normalized spacial score (nSPS) is 24.6. The number of hydrogen-bond acceptors (Lipinski definition) is 3. The van der Waals surface area contributed by atoms with Gasteiger partial charge in [-0.25, -0.2) is 0 Å². The molecular weight excluding hydrogens is 222 g/mol. The molecule has 1 fully saturated rings. The summed E-state index contributed by atoms with van der Waals surface area (Å²) in [6.45, 7) is 9.04. The van der Waals surface area contributed by atoms with Gasteiger partial charge >= 0.3 is 0 Å². The van der Waals surface area contributed by atoms with E-state index in [1.54, 1.807) is 0 Å². The quantitative estimate of drug-likeness (QED) is 0.886. The molecule has 2 atom stereocenters. The second kappa shape index (κ2) is 6.19. The molecule has 3 nitrogen and oxygen atoms in total. The maximum absolute atomic E-state index is 4.26. The van der Waals surface area contributed by atoms with E-state index in [4.69, 9.17) is 0 Å². The third kappa shape index (κ3) is 3.02. The summed E-state index contributed by atoms with van der Waals surface area (Å²) < 4.78 is 0. The molecule has 0 bridgehead atoms. The SMILES string of the molecule is CCCC1CN(c2cccnc2)C(C(C)C)CN1. The van der Waals surface area contributed by atoms with Crippen molar-refractivity contribution in [2.24, 2.45) is 5.92 Å². The van der Waals surface area contributed by atoms with Gasteiger partial charge in [-0.05, 0) is 24.5 Å². The van der Waals surface area contributed by atoms with Gasteiger partial charge in [-0.2, -0.15) is 0 Å². The summed E-state index contributed by atoms with van der Waals surface area (Å²) in [6, 6.07) is 5.40. The number of pyridine rings is 1. The Balaban J connectivity index is 2.15. The van der Waals surface area contributed by atoms with Crippen molar-refractivity contribution in [1.29, 1.82) is 0 Å². The summed E-state index contributed by atoms with van der Waals surface area (Å²) in [5.41, 5.74) is 1.26. The Hall–Kier alpha value is -1.09. The van der Waals surface area contributed by atoms with Crippen LogP contribution < -0.4 is 10.2 Å². The van der Waals surface area contributed by atoms with Gasteiger partial charge in [0.1, 0.15) is 0 Å². The van der Waals surface area contributed by atoms with Gasteiger partial charge in [-0.1, -0.05) is 27.2 Å². The smallest absolute Gasteiger partial charge is 0.0556 e. The predicted molar refractivity (Wildman–Crippen MR) is 76.9 cm³/mol. The fourth-order valence-electron chi connectivity index (χ4n) is 2.79. The number of anilines is 1. The molecule has 2 unspecified atom stereocenters. The number of nitrogens with zero attached hydrogens (tertiary/aromatic N) is 2. The van der Waals surface area contributed by atoms with Crippen molar-refractivity contribution in [1.82, 2.24) is 10.3 Å². The van der Waals surface area contributed by atoms with E-state index in [9.17, 15) is 0 Å². The van der Waals surface area contributed by atoms with Crippen LogP contribution in [0.5, 0.6) is 0 Å². The van der Waals surface area contributed by atoms with Gasteiger partial charge < -0.3 is 10.2 Å². The maximum Gasteiger partial charge on any atom is 0.0556 e. The molecule has 1 aromatic rings. The molecular formula is C15H25N3. The molecule has 1 N–H and O–H groups in total. The number of rotatable bonds is 4. The average Bonchev–Trinajstić information content (AvgIpc) is 2.40. The Morgan fingerprint density at radius 2 is 2.33 bits per heavy atom. The minimum Gasteiger partial charge on any atom is -0.364 e. The highest BCUT2D eigenvalue weighted by Crippen LogP contribution is 2.23. The van der Waals surface area contributed by atoms with Gasteiger partial charge in [0.25, 0.3) is 0 Å². The number of hydrogen-bond donors (Lipinski definition) is 1. The van der Waals surface area contributed by atoms with Crippen LogP contribution in [0.2, 0.25) is 0 Å². The lowest BCUT2D eigenvalue weighted by Gasteiger charge is -2.43. The van der Waals surface area contributed by atoms with Crippen molar-refractivity contribution in [3.8, 4) is 0 Å². The number of nitrogens with one attached hydrogen (secondary N) is 1. The molecule has 1 aliphatic rings. The molecule has 2 heterocycles. The van der Waals surface area contributed by atoms with Gasteiger partial charge in [-0.15, -0.1) is 0 Å². The molecule has 0 aliphatic carbocycles. The Morgan fingerprint density at radius 3 is 2.94 bits per heavy atom. The fourth-order valence-corrected chi connectivity index (χ4v) is 2.79. The Labute approximate surface area is 111 Å². The van der Waals surface area contributed by atoms with Crippen LogP contribution in [-0.4, -0.2) is 30.2 Å². The second-order valence-corrected chi connectivity index (χ2v) is 5.57. The van der Waals surface area contributed by atoms with Crippen molar-refractivity contribution < 1.29 is 0 Å². The van der Waals surface area contributed by atoms with Crippen LogP contribution in [0, 0.1) is 5.92 Å².